The molecule has 25 heavy (non-hydrogen) atoms. The quantitative estimate of drug-likeness (QED) is 0.738. The maximum atomic E-state index is 4.74. The van der Waals surface area contributed by atoms with Gasteiger partial charge in [0.05, 0.1) is 24.8 Å². The molecular weight excluding hydrogens is 312 g/mol. The first-order valence-corrected chi connectivity index (χ1v) is 8.74. The van der Waals surface area contributed by atoms with Crippen LogP contribution in [-0.2, 0) is 0 Å². The van der Waals surface area contributed by atoms with Crippen LogP contribution in [0.1, 0.15) is 17.8 Å². The molecule has 2 fully saturated rings. The highest BCUT2D eigenvalue weighted by Gasteiger charge is 2.45. The van der Waals surface area contributed by atoms with Crippen molar-refractivity contribution in [2.24, 2.45) is 11.8 Å². The van der Waals surface area contributed by atoms with E-state index in [0.717, 1.165) is 59.3 Å². The molecular formula is C19H20N6. The summed E-state index contributed by atoms with van der Waals surface area (Å²) in [4.78, 5) is 20.6. The fourth-order valence-corrected chi connectivity index (χ4v) is 3.82. The first kappa shape index (κ1) is 14.6. The molecule has 2 atom stereocenters. The predicted octanol–water partition coefficient (Wildman–Crippen LogP) is 2.80. The third-order valence-electron chi connectivity index (χ3n) is 5.33. The zero-order chi connectivity index (χ0) is 17.0. The Bertz CT molecular complexity index is 900. The molecule has 3 aromatic rings. The number of aryl methyl sites for hydroxylation is 2. The van der Waals surface area contributed by atoms with Crippen molar-refractivity contribution < 1.29 is 0 Å². The van der Waals surface area contributed by atoms with E-state index in [9.17, 15) is 0 Å². The second-order valence-electron chi connectivity index (χ2n) is 7.13. The molecule has 3 aromatic heterocycles. The van der Waals surface area contributed by atoms with Gasteiger partial charge in [-0.25, -0.2) is 15.0 Å². The average molecular weight is 332 g/mol. The summed E-state index contributed by atoms with van der Waals surface area (Å²) >= 11 is 0. The Morgan fingerprint density at radius 1 is 0.840 bits per heavy atom. The highest BCUT2D eigenvalue weighted by atomic mass is 15.2. The van der Waals surface area contributed by atoms with Crippen molar-refractivity contribution >= 4 is 5.82 Å². The summed E-state index contributed by atoms with van der Waals surface area (Å²) in [5, 5.41) is 0. The lowest BCUT2D eigenvalue weighted by Crippen LogP contribution is -2.22. The van der Waals surface area contributed by atoms with Gasteiger partial charge in [0.15, 0.2) is 5.82 Å². The molecule has 2 aliphatic rings. The minimum atomic E-state index is 0.744. The van der Waals surface area contributed by atoms with Gasteiger partial charge in [-0.15, -0.1) is 0 Å². The van der Waals surface area contributed by atoms with Crippen LogP contribution in [0.25, 0.3) is 17.2 Å². The van der Waals surface area contributed by atoms with Crippen LogP contribution in [0, 0.1) is 25.7 Å². The number of rotatable bonds is 3. The largest absolute Gasteiger partial charge is 0.355 e. The first-order valence-electron chi connectivity index (χ1n) is 8.74. The van der Waals surface area contributed by atoms with Gasteiger partial charge in [0.2, 0.25) is 0 Å². The summed E-state index contributed by atoms with van der Waals surface area (Å²) < 4.78 is 2.09. The molecule has 1 saturated carbocycles. The molecule has 0 amide bonds. The van der Waals surface area contributed by atoms with Gasteiger partial charge in [0.1, 0.15) is 17.2 Å². The summed E-state index contributed by atoms with van der Waals surface area (Å²) in [6, 6.07) is 4.16. The Morgan fingerprint density at radius 2 is 1.60 bits per heavy atom. The number of nitrogens with zero attached hydrogens (tertiary/aromatic N) is 6. The van der Waals surface area contributed by atoms with Crippen LogP contribution in [0.4, 0.5) is 5.82 Å². The average Bonchev–Trinajstić information content (AvgIpc) is 3.10. The summed E-state index contributed by atoms with van der Waals surface area (Å²) in [6.07, 6.45) is 8.58. The number of aromatic nitrogens is 5. The lowest BCUT2D eigenvalue weighted by Gasteiger charge is -2.18. The fourth-order valence-electron chi connectivity index (χ4n) is 3.82. The molecule has 0 aromatic carbocycles. The second kappa shape index (κ2) is 5.37. The van der Waals surface area contributed by atoms with Gasteiger partial charge < -0.3 is 9.47 Å². The maximum Gasteiger partial charge on any atom is 0.156 e. The Balaban J connectivity index is 1.44. The molecule has 5 rings (SSSR count). The number of anilines is 1. The number of fused-ring (bicyclic) bond motifs is 1. The molecule has 126 valence electrons. The molecule has 6 nitrogen and oxygen atoms in total. The van der Waals surface area contributed by atoms with E-state index in [1.165, 1.54) is 6.42 Å². The third kappa shape index (κ3) is 2.49. The molecule has 0 bridgehead atoms. The fraction of sp³-hybridized carbons (Fsp3) is 0.368. The molecule has 0 N–H and O–H groups in total. The van der Waals surface area contributed by atoms with Gasteiger partial charge in [-0.3, -0.25) is 4.98 Å². The molecule has 1 aliphatic carbocycles. The topological polar surface area (TPSA) is 59.7 Å². The van der Waals surface area contributed by atoms with Crippen molar-refractivity contribution in [1.29, 1.82) is 0 Å². The molecule has 6 heteroatoms. The van der Waals surface area contributed by atoms with E-state index in [-0.39, 0.29) is 0 Å². The summed E-state index contributed by atoms with van der Waals surface area (Å²) in [5.41, 5.74) is 3.77. The highest BCUT2D eigenvalue weighted by molar-refractivity contribution is 5.54. The lowest BCUT2D eigenvalue weighted by molar-refractivity contribution is 0.802. The molecule has 2 unspecified atom stereocenters. The van der Waals surface area contributed by atoms with Crippen LogP contribution < -0.4 is 4.90 Å². The molecule has 1 saturated heterocycles. The minimum absolute atomic E-state index is 0.744. The zero-order valence-electron chi connectivity index (χ0n) is 14.4. The summed E-state index contributed by atoms with van der Waals surface area (Å²) in [7, 11) is 0. The van der Waals surface area contributed by atoms with Crippen molar-refractivity contribution in [3.05, 3.63) is 48.3 Å². The number of hydrogen-bond acceptors (Lipinski definition) is 5. The van der Waals surface area contributed by atoms with Crippen molar-refractivity contribution in [2.75, 3.05) is 18.0 Å². The Morgan fingerprint density at radius 3 is 2.28 bits per heavy atom. The molecule has 0 radical (unpaired) electrons. The highest BCUT2D eigenvalue weighted by Crippen LogP contribution is 2.45. The van der Waals surface area contributed by atoms with Gasteiger partial charge in [0.25, 0.3) is 0 Å². The molecule has 1 aliphatic heterocycles. The number of hydrogen-bond donors (Lipinski definition) is 0. The van der Waals surface area contributed by atoms with E-state index >= 15 is 0 Å². The van der Waals surface area contributed by atoms with Crippen LogP contribution >= 0.6 is 0 Å². The van der Waals surface area contributed by atoms with Gasteiger partial charge in [0, 0.05) is 24.5 Å². The lowest BCUT2D eigenvalue weighted by atomic mass is 10.3. The van der Waals surface area contributed by atoms with Crippen molar-refractivity contribution in [3.63, 3.8) is 0 Å². The maximum absolute atomic E-state index is 4.74. The van der Waals surface area contributed by atoms with E-state index in [0.29, 0.717) is 0 Å². The number of piperidine rings is 1. The van der Waals surface area contributed by atoms with Crippen LogP contribution in [0.2, 0.25) is 0 Å². The predicted molar refractivity (Wildman–Crippen MR) is 95.7 cm³/mol. The Labute approximate surface area is 146 Å². The van der Waals surface area contributed by atoms with Gasteiger partial charge in [-0.2, -0.15) is 0 Å². The molecule has 4 heterocycles. The second-order valence-corrected chi connectivity index (χ2v) is 7.13. The summed E-state index contributed by atoms with van der Waals surface area (Å²) in [6.45, 7) is 6.38. The first-order chi connectivity index (χ1) is 12.2. The standard InChI is InChI=1S/C19H20N6/c1-12-3-4-13(2)25(12)19-8-20-6-17(23-19)16-7-22-18(9-21-16)24-10-14-5-15(14)11-24/h3-4,6-9,14-15H,5,10-11H2,1-2H3. The van der Waals surface area contributed by atoms with Crippen LogP contribution in [0.15, 0.2) is 36.9 Å². The van der Waals surface area contributed by atoms with Crippen LogP contribution in [0.3, 0.4) is 0 Å². The van der Waals surface area contributed by atoms with Gasteiger partial charge in [-0.05, 0) is 44.2 Å². The monoisotopic (exact) mass is 332 g/mol. The van der Waals surface area contributed by atoms with Gasteiger partial charge in [-0.1, -0.05) is 0 Å². The van der Waals surface area contributed by atoms with E-state index in [1.807, 2.05) is 12.4 Å². The van der Waals surface area contributed by atoms with E-state index in [4.69, 9.17) is 4.98 Å². The van der Waals surface area contributed by atoms with Crippen LogP contribution in [-0.4, -0.2) is 37.6 Å². The zero-order valence-corrected chi connectivity index (χ0v) is 14.4. The molecule has 0 spiro atoms. The van der Waals surface area contributed by atoms with Crippen LogP contribution in [0.5, 0.6) is 0 Å². The normalized spacial score (nSPS) is 21.4. The SMILES string of the molecule is Cc1ccc(C)n1-c1cncc(-c2cnc(N3CC4CC4C3)cn2)n1. The van der Waals surface area contributed by atoms with E-state index in [2.05, 4.69) is 50.4 Å². The van der Waals surface area contributed by atoms with Gasteiger partial charge >= 0.3 is 0 Å². The third-order valence-corrected chi connectivity index (χ3v) is 5.33. The van der Waals surface area contributed by atoms with Crippen molar-refractivity contribution in [1.82, 2.24) is 24.5 Å². The Kier molecular flexibility index (Phi) is 3.13. The van der Waals surface area contributed by atoms with E-state index < -0.39 is 0 Å². The minimum Gasteiger partial charge on any atom is -0.355 e. The Hall–Kier alpha value is -2.76. The van der Waals surface area contributed by atoms with E-state index in [1.54, 1.807) is 12.4 Å². The van der Waals surface area contributed by atoms with Crippen molar-refractivity contribution in [2.45, 2.75) is 20.3 Å². The smallest absolute Gasteiger partial charge is 0.156 e. The summed E-state index contributed by atoms with van der Waals surface area (Å²) in [5.74, 6) is 3.55. The van der Waals surface area contributed by atoms with Crippen molar-refractivity contribution in [3.8, 4) is 17.2 Å².